The van der Waals surface area contributed by atoms with Gasteiger partial charge in [0.05, 0.1) is 6.21 Å². The Balaban J connectivity index is 1.41. The van der Waals surface area contributed by atoms with Crippen LogP contribution in [0.4, 0.5) is 0 Å². The second kappa shape index (κ2) is 10.9. The summed E-state index contributed by atoms with van der Waals surface area (Å²) in [6.45, 7) is 0.397. The number of benzene rings is 3. The third-order valence-corrected chi connectivity index (χ3v) is 4.60. The van der Waals surface area contributed by atoms with E-state index in [0.29, 0.717) is 17.9 Å². The number of halogens is 1. The van der Waals surface area contributed by atoms with E-state index in [1.165, 1.54) is 6.21 Å². The summed E-state index contributed by atoms with van der Waals surface area (Å²) in [5.41, 5.74) is 4.81. The maximum atomic E-state index is 12.0. The molecule has 0 aliphatic carbocycles. The lowest BCUT2D eigenvalue weighted by Crippen LogP contribution is -2.28. The van der Waals surface area contributed by atoms with E-state index in [-0.39, 0.29) is 18.4 Å². The summed E-state index contributed by atoms with van der Waals surface area (Å²) in [6, 6.07) is 23.7. The Morgan fingerprint density at radius 1 is 0.933 bits per heavy atom. The number of hydrazone groups is 1. The lowest BCUT2D eigenvalue weighted by Gasteiger charge is -2.08. The normalized spacial score (nSPS) is 10.6. The lowest BCUT2D eigenvalue weighted by atomic mass is 10.2. The largest absolute Gasteiger partial charge is 0.484 e. The second-order valence-electron chi connectivity index (χ2n) is 6.33. The van der Waals surface area contributed by atoms with Crippen molar-refractivity contribution in [2.75, 3.05) is 6.61 Å². The van der Waals surface area contributed by atoms with Gasteiger partial charge in [-0.3, -0.25) is 9.59 Å². The lowest BCUT2D eigenvalue weighted by molar-refractivity contribution is -0.123. The quantitative estimate of drug-likeness (QED) is 0.390. The Kier molecular flexibility index (Phi) is 7.74. The molecule has 3 aromatic carbocycles. The standard InChI is InChI=1S/C23H20BrN3O3/c24-20-10-8-19(9-11-20)23(29)27-26-15-18-6-12-21(13-7-18)30-16-22(28)25-14-17-4-2-1-3-5-17/h1-13,15H,14,16H2,(H,25,28)(H,27,29)/b26-15-. The van der Waals surface area contributed by atoms with Crippen LogP contribution in [0.1, 0.15) is 21.5 Å². The highest BCUT2D eigenvalue weighted by atomic mass is 79.9. The second-order valence-corrected chi connectivity index (χ2v) is 7.24. The summed E-state index contributed by atoms with van der Waals surface area (Å²) in [5.74, 6) is 0.0845. The molecule has 0 heterocycles. The van der Waals surface area contributed by atoms with Crippen LogP contribution in [0.15, 0.2) is 88.4 Å². The molecule has 0 fully saturated rings. The van der Waals surface area contributed by atoms with Crippen LogP contribution in [0, 0.1) is 0 Å². The average Bonchev–Trinajstić information content (AvgIpc) is 2.78. The number of hydrogen-bond acceptors (Lipinski definition) is 4. The predicted octanol–water partition coefficient (Wildman–Crippen LogP) is 3.91. The van der Waals surface area contributed by atoms with Gasteiger partial charge in [0.25, 0.3) is 11.8 Å². The summed E-state index contributed by atoms with van der Waals surface area (Å²) in [7, 11) is 0. The molecule has 0 saturated carbocycles. The number of carbonyl (C=O) groups excluding carboxylic acids is 2. The number of carbonyl (C=O) groups is 2. The first-order valence-corrected chi connectivity index (χ1v) is 10.0. The number of amides is 2. The molecule has 0 unspecified atom stereocenters. The van der Waals surface area contributed by atoms with Gasteiger partial charge in [0.15, 0.2) is 6.61 Å². The number of rotatable bonds is 8. The SMILES string of the molecule is O=C(COc1ccc(/C=N\NC(=O)c2ccc(Br)cc2)cc1)NCc1ccccc1. The van der Waals surface area contributed by atoms with Crippen molar-refractivity contribution < 1.29 is 14.3 Å². The summed E-state index contributed by atoms with van der Waals surface area (Å²) in [6.07, 6.45) is 1.53. The summed E-state index contributed by atoms with van der Waals surface area (Å²) < 4.78 is 6.39. The fourth-order valence-electron chi connectivity index (χ4n) is 2.48. The van der Waals surface area contributed by atoms with E-state index in [9.17, 15) is 9.59 Å². The van der Waals surface area contributed by atoms with Crippen LogP contribution < -0.4 is 15.5 Å². The van der Waals surface area contributed by atoms with Gasteiger partial charge in [-0.05, 0) is 59.7 Å². The Hall–Kier alpha value is -3.45. The first-order valence-electron chi connectivity index (χ1n) is 9.22. The minimum Gasteiger partial charge on any atom is -0.484 e. The van der Waals surface area contributed by atoms with Gasteiger partial charge in [0.2, 0.25) is 0 Å². The molecule has 0 aliphatic rings. The fraction of sp³-hybridized carbons (Fsp3) is 0.0870. The van der Waals surface area contributed by atoms with Crippen LogP contribution in [-0.4, -0.2) is 24.6 Å². The zero-order chi connectivity index (χ0) is 21.2. The van der Waals surface area contributed by atoms with E-state index in [0.717, 1.165) is 15.6 Å². The molecule has 0 radical (unpaired) electrons. The van der Waals surface area contributed by atoms with Gasteiger partial charge in [0.1, 0.15) is 5.75 Å². The van der Waals surface area contributed by atoms with Crippen molar-refractivity contribution in [3.05, 3.63) is 100 Å². The minimum absolute atomic E-state index is 0.0660. The molecule has 3 rings (SSSR count). The van der Waals surface area contributed by atoms with Gasteiger partial charge >= 0.3 is 0 Å². The molecular formula is C23H20BrN3O3. The Bertz CT molecular complexity index is 1000. The van der Waals surface area contributed by atoms with E-state index in [4.69, 9.17) is 4.74 Å². The highest BCUT2D eigenvalue weighted by molar-refractivity contribution is 9.10. The molecule has 0 spiro atoms. The van der Waals surface area contributed by atoms with Crippen LogP contribution in [0.5, 0.6) is 5.75 Å². The van der Waals surface area contributed by atoms with Gasteiger partial charge in [0, 0.05) is 16.6 Å². The van der Waals surface area contributed by atoms with E-state index < -0.39 is 0 Å². The van der Waals surface area contributed by atoms with Crippen molar-refractivity contribution in [1.82, 2.24) is 10.7 Å². The van der Waals surface area contributed by atoms with Crippen molar-refractivity contribution in [1.29, 1.82) is 0 Å². The van der Waals surface area contributed by atoms with Gasteiger partial charge < -0.3 is 10.1 Å². The first kappa shape index (κ1) is 21.3. The topological polar surface area (TPSA) is 79.8 Å². The molecule has 2 N–H and O–H groups in total. The third-order valence-electron chi connectivity index (χ3n) is 4.07. The first-order chi connectivity index (χ1) is 14.6. The third kappa shape index (κ3) is 6.86. The molecule has 6 nitrogen and oxygen atoms in total. The molecule has 0 aliphatic heterocycles. The summed E-state index contributed by atoms with van der Waals surface area (Å²) in [4.78, 5) is 23.9. The van der Waals surface area contributed by atoms with Gasteiger partial charge in [-0.2, -0.15) is 5.10 Å². The van der Waals surface area contributed by atoms with E-state index >= 15 is 0 Å². The molecule has 2 amide bonds. The number of nitrogens with one attached hydrogen (secondary N) is 2. The highest BCUT2D eigenvalue weighted by Gasteiger charge is 2.04. The van der Waals surface area contributed by atoms with Crippen molar-refractivity contribution in [3.8, 4) is 5.75 Å². The number of nitrogens with zero attached hydrogens (tertiary/aromatic N) is 1. The zero-order valence-corrected chi connectivity index (χ0v) is 17.6. The van der Waals surface area contributed by atoms with E-state index in [1.54, 1.807) is 48.5 Å². The van der Waals surface area contributed by atoms with E-state index in [1.807, 2.05) is 30.3 Å². The van der Waals surface area contributed by atoms with Gasteiger partial charge in [-0.15, -0.1) is 0 Å². The predicted molar refractivity (Wildman–Crippen MR) is 119 cm³/mol. The molecule has 0 bridgehead atoms. The monoisotopic (exact) mass is 465 g/mol. The van der Waals surface area contributed by atoms with Crippen molar-refractivity contribution in [3.63, 3.8) is 0 Å². The molecule has 30 heavy (non-hydrogen) atoms. The molecule has 0 saturated heterocycles. The van der Waals surface area contributed by atoms with Crippen LogP contribution in [0.3, 0.4) is 0 Å². The maximum absolute atomic E-state index is 12.0. The average molecular weight is 466 g/mol. The minimum atomic E-state index is -0.291. The molecular weight excluding hydrogens is 446 g/mol. The molecule has 3 aromatic rings. The van der Waals surface area contributed by atoms with Gasteiger partial charge in [-0.1, -0.05) is 46.3 Å². The smallest absolute Gasteiger partial charge is 0.271 e. The summed E-state index contributed by atoms with van der Waals surface area (Å²) in [5, 5.41) is 6.76. The number of ether oxygens (including phenoxy) is 1. The molecule has 7 heteroatoms. The van der Waals surface area contributed by atoms with Crippen LogP contribution in [0.25, 0.3) is 0 Å². The van der Waals surface area contributed by atoms with Crippen LogP contribution >= 0.6 is 15.9 Å². The molecule has 0 aromatic heterocycles. The Labute approximate surface area is 183 Å². The molecule has 152 valence electrons. The fourth-order valence-corrected chi connectivity index (χ4v) is 2.74. The Morgan fingerprint density at radius 3 is 2.33 bits per heavy atom. The Morgan fingerprint density at radius 2 is 1.63 bits per heavy atom. The van der Waals surface area contributed by atoms with Crippen molar-refractivity contribution >= 4 is 34.0 Å². The van der Waals surface area contributed by atoms with Crippen LogP contribution in [-0.2, 0) is 11.3 Å². The maximum Gasteiger partial charge on any atom is 0.271 e. The van der Waals surface area contributed by atoms with E-state index in [2.05, 4.69) is 31.8 Å². The van der Waals surface area contributed by atoms with Crippen molar-refractivity contribution in [2.24, 2.45) is 5.10 Å². The molecule has 0 atom stereocenters. The summed E-state index contributed by atoms with van der Waals surface area (Å²) >= 11 is 3.33. The van der Waals surface area contributed by atoms with Crippen LogP contribution in [0.2, 0.25) is 0 Å². The van der Waals surface area contributed by atoms with Gasteiger partial charge in [-0.25, -0.2) is 5.43 Å². The van der Waals surface area contributed by atoms with Crippen molar-refractivity contribution in [2.45, 2.75) is 6.54 Å². The number of hydrogen-bond donors (Lipinski definition) is 2. The zero-order valence-electron chi connectivity index (χ0n) is 16.0. The highest BCUT2D eigenvalue weighted by Crippen LogP contribution is 2.12.